The van der Waals surface area contributed by atoms with Gasteiger partial charge in [-0.1, -0.05) is 0 Å². The van der Waals surface area contributed by atoms with E-state index in [9.17, 15) is 4.79 Å². The van der Waals surface area contributed by atoms with E-state index in [0.717, 1.165) is 0 Å². The van der Waals surface area contributed by atoms with Crippen molar-refractivity contribution in [3.8, 4) is 0 Å². The van der Waals surface area contributed by atoms with Crippen LogP contribution in [0.2, 0.25) is 0 Å². The number of anilines is 2. The average Bonchev–Trinajstić information content (AvgIpc) is 2.26. The standard InChI is InChI=1S/C9H15N5O/c1-3-14(2)9(15)6-13-8-5-11-7(10)4-12-8/h4-5H,3,6H2,1-2H3,(H2,10,11)(H,12,13). The summed E-state index contributed by atoms with van der Waals surface area (Å²) in [5, 5.41) is 2.87. The number of aromatic nitrogens is 2. The zero-order valence-electron chi connectivity index (χ0n) is 8.90. The van der Waals surface area contributed by atoms with Gasteiger partial charge in [0.1, 0.15) is 11.6 Å². The Hall–Kier alpha value is -1.85. The van der Waals surface area contributed by atoms with Gasteiger partial charge in [-0.3, -0.25) is 4.79 Å². The van der Waals surface area contributed by atoms with Gasteiger partial charge in [-0.2, -0.15) is 0 Å². The molecule has 6 heteroatoms. The third-order valence-electron chi connectivity index (χ3n) is 1.99. The minimum Gasteiger partial charge on any atom is -0.382 e. The van der Waals surface area contributed by atoms with Crippen LogP contribution < -0.4 is 11.1 Å². The Bertz CT molecular complexity index is 324. The lowest BCUT2D eigenvalue weighted by atomic mass is 10.5. The second-order valence-corrected chi connectivity index (χ2v) is 3.09. The van der Waals surface area contributed by atoms with Crippen LogP contribution >= 0.6 is 0 Å². The molecule has 0 fully saturated rings. The number of hydrogen-bond donors (Lipinski definition) is 2. The molecule has 0 spiro atoms. The van der Waals surface area contributed by atoms with Crippen molar-refractivity contribution < 1.29 is 4.79 Å². The molecule has 0 radical (unpaired) electrons. The first kappa shape index (κ1) is 11.2. The van der Waals surface area contributed by atoms with E-state index in [1.165, 1.54) is 12.4 Å². The molecule has 0 saturated carbocycles. The largest absolute Gasteiger partial charge is 0.382 e. The molecule has 6 nitrogen and oxygen atoms in total. The highest BCUT2D eigenvalue weighted by Gasteiger charge is 2.05. The molecule has 0 atom stereocenters. The zero-order valence-corrected chi connectivity index (χ0v) is 8.90. The van der Waals surface area contributed by atoms with Crippen LogP contribution in [0.3, 0.4) is 0 Å². The first-order chi connectivity index (χ1) is 7.13. The van der Waals surface area contributed by atoms with Crippen LogP contribution in [0.25, 0.3) is 0 Å². The number of amides is 1. The van der Waals surface area contributed by atoms with E-state index >= 15 is 0 Å². The Labute approximate surface area is 88.5 Å². The van der Waals surface area contributed by atoms with Gasteiger partial charge in [0.2, 0.25) is 5.91 Å². The Morgan fingerprint density at radius 1 is 1.53 bits per heavy atom. The maximum atomic E-state index is 11.4. The molecular weight excluding hydrogens is 194 g/mol. The summed E-state index contributed by atoms with van der Waals surface area (Å²) in [4.78, 5) is 20.8. The molecule has 1 amide bonds. The van der Waals surface area contributed by atoms with Gasteiger partial charge in [0, 0.05) is 13.6 Å². The zero-order chi connectivity index (χ0) is 11.3. The number of likely N-dealkylation sites (N-methyl/N-ethyl adjacent to an activating group) is 1. The van der Waals surface area contributed by atoms with Crippen molar-refractivity contribution in [3.63, 3.8) is 0 Å². The lowest BCUT2D eigenvalue weighted by Crippen LogP contribution is -2.32. The summed E-state index contributed by atoms with van der Waals surface area (Å²) in [5.41, 5.74) is 5.38. The van der Waals surface area contributed by atoms with Gasteiger partial charge in [0.25, 0.3) is 0 Å². The van der Waals surface area contributed by atoms with Crippen LogP contribution in [0.15, 0.2) is 12.4 Å². The molecule has 1 aromatic rings. The maximum Gasteiger partial charge on any atom is 0.241 e. The number of rotatable bonds is 4. The number of nitrogens with two attached hydrogens (primary N) is 1. The van der Waals surface area contributed by atoms with Gasteiger partial charge in [0.05, 0.1) is 18.9 Å². The molecule has 0 aliphatic rings. The molecule has 1 heterocycles. The number of nitrogen functional groups attached to an aromatic ring is 1. The molecule has 0 bridgehead atoms. The number of nitrogens with zero attached hydrogens (tertiary/aromatic N) is 3. The first-order valence-electron chi connectivity index (χ1n) is 4.69. The molecule has 3 N–H and O–H groups in total. The van der Waals surface area contributed by atoms with Gasteiger partial charge in [-0.25, -0.2) is 9.97 Å². The third kappa shape index (κ3) is 3.41. The fourth-order valence-corrected chi connectivity index (χ4v) is 0.907. The van der Waals surface area contributed by atoms with E-state index in [2.05, 4.69) is 15.3 Å². The second kappa shape index (κ2) is 5.14. The summed E-state index contributed by atoms with van der Waals surface area (Å²) in [6.07, 6.45) is 2.94. The summed E-state index contributed by atoms with van der Waals surface area (Å²) >= 11 is 0. The number of nitrogens with one attached hydrogen (secondary N) is 1. The van der Waals surface area contributed by atoms with Crippen molar-refractivity contribution in [2.75, 3.05) is 31.2 Å². The highest BCUT2D eigenvalue weighted by molar-refractivity contribution is 5.80. The van der Waals surface area contributed by atoms with E-state index in [1.807, 2.05) is 6.92 Å². The second-order valence-electron chi connectivity index (χ2n) is 3.09. The lowest BCUT2D eigenvalue weighted by molar-refractivity contribution is -0.127. The van der Waals surface area contributed by atoms with Gasteiger partial charge in [-0.15, -0.1) is 0 Å². The molecule has 15 heavy (non-hydrogen) atoms. The Morgan fingerprint density at radius 2 is 2.27 bits per heavy atom. The average molecular weight is 209 g/mol. The number of hydrogen-bond acceptors (Lipinski definition) is 5. The number of carbonyl (C=O) groups is 1. The van der Waals surface area contributed by atoms with Crippen LogP contribution in [0, 0.1) is 0 Å². The van der Waals surface area contributed by atoms with Crippen molar-refractivity contribution >= 4 is 17.5 Å². The van der Waals surface area contributed by atoms with Crippen molar-refractivity contribution in [3.05, 3.63) is 12.4 Å². The molecule has 0 unspecified atom stereocenters. The van der Waals surface area contributed by atoms with E-state index in [0.29, 0.717) is 18.2 Å². The predicted octanol–water partition coefficient (Wildman–Crippen LogP) is -0.0510. The van der Waals surface area contributed by atoms with E-state index < -0.39 is 0 Å². The van der Waals surface area contributed by atoms with Gasteiger partial charge < -0.3 is 16.0 Å². The van der Waals surface area contributed by atoms with Crippen molar-refractivity contribution in [2.45, 2.75) is 6.92 Å². The molecule has 82 valence electrons. The lowest BCUT2D eigenvalue weighted by Gasteiger charge is -2.14. The summed E-state index contributed by atoms with van der Waals surface area (Å²) in [6.45, 7) is 2.82. The van der Waals surface area contributed by atoms with Crippen LogP contribution in [-0.4, -0.2) is 40.9 Å². The topological polar surface area (TPSA) is 84.1 Å². The fourth-order valence-electron chi connectivity index (χ4n) is 0.907. The van der Waals surface area contributed by atoms with Crippen molar-refractivity contribution in [1.82, 2.24) is 14.9 Å². The summed E-state index contributed by atoms with van der Waals surface area (Å²) < 4.78 is 0. The summed E-state index contributed by atoms with van der Waals surface area (Å²) in [6, 6.07) is 0. The Kier molecular flexibility index (Phi) is 3.84. The minimum absolute atomic E-state index is 0.0103. The van der Waals surface area contributed by atoms with E-state index in [1.54, 1.807) is 11.9 Å². The van der Waals surface area contributed by atoms with Crippen LogP contribution in [0.1, 0.15) is 6.92 Å². The highest BCUT2D eigenvalue weighted by atomic mass is 16.2. The van der Waals surface area contributed by atoms with Crippen molar-refractivity contribution in [1.29, 1.82) is 0 Å². The van der Waals surface area contributed by atoms with Gasteiger partial charge >= 0.3 is 0 Å². The predicted molar refractivity (Wildman–Crippen MR) is 58.2 cm³/mol. The van der Waals surface area contributed by atoms with Crippen LogP contribution in [0.4, 0.5) is 11.6 Å². The minimum atomic E-state index is 0.0103. The van der Waals surface area contributed by atoms with Crippen molar-refractivity contribution in [2.24, 2.45) is 0 Å². The first-order valence-corrected chi connectivity index (χ1v) is 4.69. The van der Waals surface area contributed by atoms with Crippen LogP contribution in [-0.2, 0) is 4.79 Å². The Balaban J connectivity index is 2.43. The molecule has 1 aromatic heterocycles. The molecule has 1 rings (SSSR count). The quantitative estimate of drug-likeness (QED) is 0.726. The smallest absolute Gasteiger partial charge is 0.241 e. The van der Waals surface area contributed by atoms with E-state index in [4.69, 9.17) is 5.73 Å². The SMILES string of the molecule is CCN(C)C(=O)CNc1cnc(N)cn1. The Morgan fingerprint density at radius 3 is 2.80 bits per heavy atom. The summed E-state index contributed by atoms with van der Waals surface area (Å²) in [7, 11) is 1.75. The maximum absolute atomic E-state index is 11.4. The fraction of sp³-hybridized carbons (Fsp3) is 0.444. The monoisotopic (exact) mass is 209 g/mol. The molecule has 0 aliphatic heterocycles. The highest BCUT2D eigenvalue weighted by Crippen LogP contribution is 2.00. The van der Waals surface area contributed by atoms with Crippen LogP contribution in [0.5, 0.6) is 0 Å². The van der Waals surface area contributed by atoms with E-state index in [-0.39, 0.29) is 12.5 Å². The summed E-state index contributed by atoms with van der Waals surface area (Å²) in [5.74, 6) is 0.913. The normalized spacial score (nSPS) is 9.73. The van der Waals surface area contributed by atoms with Gasteiger partial charge in [-0.05, 0) is 6.92 Å². The van der Waals surface area contributed by atoms with Gasteiger partial charge in [0.15, 0.2) is 0 Å². The third-order valence-corrected chi connectivity index (χ3v) is 1.99. The number of carbonyl (C=O) groups excluding carboxylic acids is 1. The molecule has 0 aliphatic carbocycles. The molecule has 0 aromatic carbocycles. The molecular formula is C9H15N5O. The molecule has 0 saturated heterocycles.